The molecular formula is C19H23N3O3. The first-order valence-corrected chi connectivity index (χ1v) is 8.62. The average molecular weight is 341 g/mol. The van der Waals surface area contributed by atoms with E-state index < -0.39 is 12.0 Å². The second-order valence-corrected chi connectivity index (χ2v) is 6.43. The number of amides is 1. The zero-order chi connectivity index (χ0) is 18.1. The van der Waals surface area contributed by atoms with Gasteiger partial charge in [-0.15, -0.1) is 0 Å². The molecule has 25 heavy (non-hydrogen) atoms. The third-order valence-electron chi connectivity index (χ3n) is 4.90. The molecule has 6 nitrogen and oxygen atoms in total. The van der Waals surface area contributed by atoms with Crippen molar-refractivity contribution in [1.29, 1.82) is 0 Å². The number of aryl methyl sites for hydroxylation is 2. The number of carbonyl (C=O) groups excluding carboxylic acids is 1. The Balaban J connectivity index is 1.87. The fraction of sp³-hybridized carbons (Fsp3) is 0.421. The fourth-order valence-corrected chi connectivity index (χ4v) is 3.63. The number of hydrogen-bond acceptors (Lipinski definition) is 3. The molecule has 6 heteroatoms. The molecule has 1 aliphatic rings. The van der Waals surface area contributed by atoms with Crippen molar-refractivity contribution >= 4 is 11.9 Å². The van der Waals surface area contributed by atoms with Crippen molar-refractivity contribution in [3.8, 4) is 11.1 Å². The number of aliphatic carboxylic acids is 1. The van der Waals surface area contributed by atoms with Crippen LogP contribution in [0.5, 0.6) is 0 Å². The minimum absolute atomic E-state index is 0.214. The first kappa shape index (κ1) is 17.2. The van der Waals surface area contributed by atoms with Gasteiger partial charge in [0.15, 0.2) is 0 Å². The van der Waals surface area contributed by atoms with E-state index in [4.69, 9.17) is 0 Å². The number of rotatable bonds is 4. The quantitative estimate of drug-likeness (QED) is 0.928. The lowest BCUT2D eigenvalue weighted by atomic mass is 10.0. The Labute approximate surface area is 147 Å². The fourth-order valence-electron chi connectivity index (χ4n) is 3.63. The molecular weight excluding hydrogens is 318 g/mol. The van der Waals surface area contributed by atoms with Crippen LogP contribution in [-0.2, 0) is 11.3 Å². The number of likely N-dealkylation sites (tertiary alicyclic amines) is 1. The van der Waals surface area contributed by atoms with E-state index in [1.54, 1.807) is 12.1 Å². The molecule has 1 amide bonds. The molecule has 132 valence electrons. The monoisotopic (exact) mass is 341 g/mol. The van der Waals surface area contributed by atoms with Gasteiger partial charge >= 0.3 is 5.97 Å². The predicted molar refractivity (Wildman–Crippen MR) is 94.5 cm³/mol. The van der Waals surface area contributed by atoms with Crippen LogP contribution in [0.3, 0.4) is 0 Å². The van der Waals surface area contributed by atoms with Gasteiger partial charge in [0.1, 0.15) is 6.04 Å². The lowest BCUT2D eigenvalue weighted by molar-refractivity contribution is -0.141. The second-order valence-electron chi connectivity index (χ2n) is 6.43. The molecule has 0 aliphatic carbocycles. The summed E-state index contributed by atoms with van der Waals surface area (Å²) < 4.78 is 1.96. The van der Waals surface area contributed by atoms with Gasteiger partial charge in [-0.3, -0.25) is 9.48 Å². The van der Waals surface area contributed by atoms with Gasteiger partial charge in [0.25, 0.3) is 5.91 Å². The standard InChI is InChI=1S/C19H23N3O3/c1-4-22-13(3)17(12(2)20-22)14-7-9-15(10-8-14)18(23)21-11-5-6-16(21)19(24)25/h7-10,16H,4-6,11H2,1-3H3,(H,24,25). The van der Waals surface area contributed by atoms with Crippen molar-refractivity contribution < 1.29 is 14.7 Å². The van der Waals surface area contributed by atoms with Crippen molar-refractivity contribution in [1.82, 2.24) is 14.7 Å². The molecule has 0 saturated carbocycles. The van der Waals surface area contributed by atoms with Gasteiger partial charge in [-0.1, -0.05) is 12.1 Å². The highest BCUT2D eigenvalue weighted by Crippen LogP contribution is 2.28. The topological polar surface area (TPSA) is 75.4 Å². The van der Waals surface area contributed by atoms with Gasteiger partial charge in [-0.2, -0.15) is 5.10 Å². The maximum absolute atomic E-state index is 12.6. The maximum Gasteiger partial charge on any atom is 0.326 e. The molecule has 1 saturated heterocycles. The van der Waals surface area contributed by atoms with Crippen LogP contribution in [0.2, 0.25) is 0 Å². The zero-order valence-corrected chi connectivity index (χ0v) is 14.8. The summed E-state index contributed by atoms with van der Waals surface area (Å²) in [6.07, 6.45) is 1.25. The number of hydrogen-bond donors (Lipinski definition) is 1. The maximum atomic E-state index is 12.6. The number of aromatic nitrogens is 2. The molecule has 1 atom stereocenters. The molecule has 0 bridgehead atoms. The molecule has 1 N–H and O–H groups in total. The van der Waals surface area contributed by atoms with Gasteiger partial charge in [0, 0.05) is 29.9 Å². The molecule has 1 fully saturated rings. The number of carboxylic acid groups (broad SMARTS) is 1. The molecule has 2 aromatic rings. The molecule has 2 heterocycles. The van der Waals surface area contributed by atoms with Crippen molar-refractivity contribution in [2.24, 2.45) is 0 Å². The normalized spacial score (nSPS) is 17.1. The number of benzene rings is 1. The number of nitrogens with zero attached hydrogens (tertiary/aromatic N) is 3. The van der Waals surface area contributed by atoms with E-state index in [1.165, 1.54) is 4.90 Å². The van der Waals surface area contributed by atoms with Gasteiger partial charge in [-0.05, 0) is 51.3 Å². The van der Waals surface area contributed by atoms with Crippen LogP contribution >= 0.6 is 0 Å². The highest BCUT2D eigenvalue weighted by Gasteiger charge is 2.34. The highest BCUT2D eigenvalue weighted by atomic mass is 16.4. The Kier molecular flexibility index (Phi) is 4.61. The summed E-state index contributed by atoms with van der Waals surface area (Å²) in [6, 6.07) is 6.67. The summed E-state index contributed by atoms with van der Waals surface area (Å²) in [6.45, 7) is 7.39. The van der Waals surface area contributed by atoms with E-state index in [1.807, 2.05) is 30.7 Å². The molecule has 3 rings (SSSR count). The third-order valence-corrected chi connectivity index (χ3v) is 4.90. The number of carboxylic acids is 1. The van der Waals surface area contributed by atoms with E-state index >= 15 is 0 Å². The van der Waals surface area contributed by atoms with Crippen LogP contribution in [0.25, 0.3) is 11.1 Å². The van der Waals surface area contributed by atoms with Crippen LogP contribution in [0.15, 0.2) is 24.3 Å². The van der Waals surface area contributed by atoms with Gasteiger partial charge in [0.05, 0.1) is 5.69 Å². The number of carbonyl (C=O) groups is 2. The van der Waals surface area contributed by atoms with E-state index in [0.717, 1.165) is 35.5 Å². The van der Waals surface area contributed by atoms with Gasteiger partial charge in [0.2, 0.25) is 0 Å². The van der Waals surface area contributed by atoms with Crippen molar-refractivity contribution in [3.63, 3.8) is 0 Å². The Morgan fingerprint density at radius 2 is 1.92 bits per heavy atom. The smallest absolute Gasteiger partial charge is 0.326 e. The molecule has 1 aromatic heterocycles. The van der Waals surface area contributed by atoms with Crippen LogP contribution in [-0.4, -0.2) is 44.3 Å². The average Bonchev–Trinajstić information content (AvgIpc) is 3.19. The van der Waals surface area contributed by atoms with Crippen molar-refractivity contribution in [2.45, 2.75) is 46.2 Å². The Hall–Kier alpha value is -2.63. The molecule has 0 radical (unpaired) electrons. The minimum atomic E-state index is -0.930. The minimum Gasteiger partial charge on any atom is -0.480 e. The van der Waals surface area contributed by atoms with E-state index in [0.29, 0.717) is 18.5 Å². The summed E-state index contributed by atoms with van der Waals surface area (Å²) in [7, 11) is 0. The molecule has 1 aliphatic heterocycles. The van der Waals surface area contributed by atoms with Crippen LogP contribution in [0.1, 0.15) is 41.5 Å². The predicted octanol–water partition coefficient (Wildman–Crippen LogP) is 2.88. The Morgan fingerprint density at radius 1 is 1.24 bits per heavy atom. The SMILES string of the molecule is CCn1nc(C)c(-c2ccc(C(=O)N3CCCC3C(=O)O)cc2)c1C. The van der Waals surface area contributed by atoms with Crippen LogP contribution in [0.4, 0.5) is 0 Å². The zero-order valence-electron chi connectivity index (χ0n) is 14.8. The summed E-state index contributed by atoms with van der Waals surface area (Å²) in [5.41, 5.74) is 4.69. The van der Waals surface area contributed by atoms with Gasteiger partial charge < -0.3 is 10.0 Å². The highest BCUT2D eigenvalue weighted by molar-refractivity contribution is 5.97. The largest absolute Gasteiger partial charge is 0.480 e. The van der Waals surface area contributed by atoms with Crippen LogP contribution < -0.4 is 0 Å². The van der Waals surface area contributed by atoms with Crippen molar-refractivity contribution in [2.75, 3.05) is 6.54 Å². The summed E-state index contributed by atoms with van der Waals surface area (Å²) in [5.74, 6) is -1.14. The first-order chi connectivity index (χ1) is 11.9. The van der Waals surface area contributed by atoms with Crippen molar-refractivity contribution in [3.05, 3.63) is 41.2 Å². The summed E-state index contributed by atoms with van der Waals surface area (Å²) in [4.78, 5) is 25.4. The third kappa shape index (κ3) is 3.04. The summed E-state index contributed by atoms with van der Waals surface area (Å²) >= 11 is 0. The van der Waals surface area contributed by atoms with E-state index in [-0.39, 0.29) is 5.91 Å². The molecule has 0 spiro atoms. The Bertz CT molecular complexity index is 808. The molecule has 1 aromatic carbocycles. The lowest BCUT2D eigenvalue weighted by Gasteiger charge is -2.21. The van der Waals surface area contributed by atoms with Gasteiger partial charge in [-0.25, -0.2) is 4.79 Å². The first-order valence-electron chi connectivity index (χ1n) is 8.62. The van der Waals surface area contributed by atoms with Crippen LogP contribution in [0, 0.1) is 13.8 Å². The van der Waals surface area contributed by atoms with E-state index in [9.17, 15) is 14.7 Å². The van der Waals surface area contributed by atoms with E-state index in [2.05, 4.69) is 12.0 Å². The summed E-state index contributed by atoms with van der Waals surface area (Å²) in [5, 5.41) is 13.8. The second kappa shape index (κ2) is 6.70. The molecule has 1 unspecified atom stereocenters. The Morgan fingerprint density at radius 3 is 2.48 bits per heavy atom. The lowest BCUT2D eigenvalue weighted by Crippen LogP contribution is -2.40.